The van der Waals surface area contributed by atoms with Crippen LogP contribution in [0, 0.1) is 5.92 Å². The summed E-state index contributed by atoms with van der Waals surface area (Å²) in [5, 5.41) is 3.91. The van der Waals surface area contributed by atoms with Crippen molar-refractivity contribution in [3.63, 3.8) is 0 Å². The van der Waals surface area contributed by atoms with Crippen LogP contribution in [0.1, 0.15) is 39.5 Å². The molecule has 116 valence electrons. The Morgan fingerprint density at radius 1 is 1.40 bits per heavy atom. The van der Waals surface area contributed by atoms with Crippen LogP contribution in [-0.4, -0.2) is 54.3 Å². The van der Waals surface area contributed by atoms with E-state index >= 15 is 0 Å². The predicted molar refractivity (Wildman–Crippen MR) is 84.2 cm³/mol. The second-order valence-electron chi connectivity index (χ2n) is 6.40. The molecule has 2 aliphatic rings. The topological polar surface area (TPSA) is 41.6 Å². The first-order chi connectivity index (χ1) is 9.58. The van der Waals surface area contributed by atoms with Gasteiger partial charge in [-0.05, 0) is 37.9 Å². The Morgan fingerprint density at radius 3 is 2.85 bits per heavy atom. The smallest absolute Gasteiger partial charge is 0.317 e. The van der Waals surface area contributed by atoms with E-state index in [9.17, 15) is 4.79 Å². The lowest BCUT2D eigenvalue weighted by Gasteiger charge is -2.21. The molecule has 1 heterocycles. The molecule has 4 nitrogen and oxygen atoms in total. The molecule has 1 aliphatic carbocycles. The van der Waals surface area contributed by atoms with Crippen LogP contribution in [0.25, 0.3) is 0 Å². The van der Waals surface area contributed by atoms with E-state index in [-0.39, 0.29) is 12.1 Å². The van der Waals surface area contributed by atoms with Crippen molar-refractivity contribution in [1.29, 1.82) is 0 Å². The third-order valence-corrected chi connectivity index (χ3v) is 5.24. The van der Waals surface area contributed by atoms with Crippen LogP contribution in [0.5, 0.6) is 0 Å². The van der Waals surface area contributed by atoms with Crippen LogP contribution in [0.3, 0.4) is 0 Å². The maximum atomic E-state index is 12.2. The third-order valence-electron chi connectivity index (χ3n) is 4.14. The average Bonchev–Trinajstić information content (AvgIpc) is 3.04. The van der Waals surface area contributed by atoms with Crippen molar-refractivity contribution in [3.05, 3.63) is 0 Å². The maximum Gasteiger partial charge on any atom is 0.317 e. The summed E-state index contributed by atoms with van der Waals surface area (Å²) >= 11 is 1.92. The van der Waals surface area contributed by atoms with Crippen LogP contribution in [0.4, 0.5) is 4.79 Å². The van der Waals surface area contributed by atoms with Gasteiger partial charge in [0.2, 0.25) is 0 Å². The Morgan fingerprint density at radius 2 is 2.20 bits per heavy atom. The highest BCUT2D eigenvalue weighted by Crippen LogP contribution is 2.28. The van der Waals surface area contributed by atoms with E-state index in [4.69, 9.17) is 4.74 Å². The molecular weight excluding hydrogens is 272 g/mol. The molecule has 1 saturated heterocycles. The predicted octanol–water partition coefficient (Wildman–Crippen LogP) is 2.73. The van der Waals surface area contributed by atoms with Crippen molar-refractivity contribution >= 4 is 17.8 Å². The number of ether oxygens (including phenoxy) is 1. The van der Waals surface area contributed by atoms with Crippen molar-refractivity contribution in [2.75, 3.05) is 26.0 Å². The van der Waals surface area contributed by atoms with Gasteiger partial charge in [0, 0.05) is 31.0 Å². The minimum absolute atomic E-state index is 0.104. The van der Waals surface area contributed by atoms with Crippen molar-refractivity contribution < 1.29 is 9.53 Å². The van der Waals surface area contributed by atoms with E-state index in [1.807, 2.05) is 16.7 Å². The van der Waals surface area contributed by atoms with Crippen molar-refractivity contribution in [2.24, 2.45) is 5.92 Å². The number of urea groups is 1. The molecule has 0 spiro atoms. The fraction of sp³-hybridized carbons (Fsp3) is 0.933. The first-order valence-corrected chi connectivity index (χ1v) is 9.07. The Labute approximate surface area is 127 Å². The van der Waals surface area contributed by atoms with E-state index in [1.165, 1.54) is 6.42 Å². The summed E-state index contributed by atoms with van der Waals surface area (Å²) in [5.41, 5.74) is 0. The molecule has 1 saturated carbocycles. The molecular formula is C15H28N2O2S. The van der Waals surface area contributed by atoms with Gasteiger partial charge in [-0.3, -0.25) is 0 Å². The summed E-state index contributed by atoms with van der Waals surface area (Å²) in [7, 11) is 0. The quantitative estimate of drug-likeness (QED) is 0.849. The van der Waals surface area contributed by atoms with Crippen LogP contribution >= 0.6 is 11.8 Å². The van der Waals surface area contributed by atoms with Crippen molar-refractivity contribution in [3.8, 4) is 0 Å². The maximum absolute atomic E-state index is 12.2. The van der Waals surface area contributed by atoms with Gasteiger partial charge in [-0.15, -0.1) is 0 Å². The van der Waals surface area contributed by atoms with E-state index in [1.54, 1.807) is 0 Å². The van der Waals surface area contributed by atoms with Gasteiger partial charge in [0.15, 0.2) is 0 Å². The molecule has 5 heteroatoms. The molecule has 0 aromatic heterocycles. The lowest BCUT2D eigenvalue weighted by atomic mass is 10.2. The Balaban J connectivity index is 1.69. The fourth-order valence-corrected chi connectivity index (χ4v) is 3.72. The standard InChI is InChI=1S/C15H28N2O2S/c1-11(2)10-19-13-6-7-17(9-13)15(18)16-12-4-5-14(8-12)20-3/h11-14H,4-10H2,1-3H3,(H,16,18)/t12-,13+,14-/m1/s1. The Kier molecular flexibility index (Phi) is 6.02. The molecule has 0 aromatic carbocycles. The number of likely N-dealkylation sites (tertiary alicyclic amines) is 1. The normalized spacial score (nSPS) is 30.2. The Hall–Kier alpha value is -0.420. The van der Waals surface area contributed by atoms with E-state index in [2.05, 4.69) is 25.4 Å². The van der Waals surface area contributed by atoms with Crippen LogP contribution in [-0.2, 0) is 4.74 Å². The first kappa shape index (κ1) is 16.0. The summed E-state index contributed by atoms with van der Waals surface area (Å²) in [4.78, 5) is 14.1. The van der Waals surface area contributed by atoms with Crippen molar-refractivity contribution in [2.45, 2.75) is 56.9 Å². The minimum atomic E-state index is 0.104. The van der Waals surface area contributed by atoms with E-state index in [0.29, 0.717) is 12.0 Å². The second kappa shape index (κ2) is 7.55. The van der Waals surface area contributed by atoms with Gasteiger partial charge in [-0.2, -0.15) is 11.8 Å². The molecule has 0 aromatic rings. The molecule has 2 fully saturated rings. The number of nitrogens with zero attached hydrogens (tertiary/aromatic N) is 1. The molecule has 1 aliphatic heterocycles. The summed E-state index contributed by atoms with van der Waals surface area (Å²) in [6.07, 6.45) is 6.83. The highest BCUT2D eigenvalue weighted by atomic mass is 32.2. The zero-order chi connectivity index (χ0) is 14.5. The highest BCUT2D eigenvalue weighted by molar-refractivity contribution is 7.99. The molecule has 2 rings (SSSR count). The minimum Gasteiger partial charge on any atom is -0.376 e. The number of carbonyl (C=O) groups excluding carboxylic acids is 1. The number of amides is 2. The fourth-order valence-electron chi connectivity index (χ4n) is 2.93. The molecule has 0 radical (unpaired) electrons. The lowest BCUT2D eigenvalue weighted by molar-refractivity contribution is 0.0435. The van der Waals surface area contributed by atoms with Gasteiger partial charge in [0.25, 0.3) is 0 Å². The van der Waals surface area contributed by atoms with E-state index < -0.39 is 0 Å². The molecule has 1 N–H and O–H groups in total. The summed E-state index contributed by atoms with van der Waals surface area (Å²) in [6, 6.07) is 0.475. The third kappa shape index (κ3) is 4.55. The number of rotatable bonds is 5. The van der Waals surface area contributed by atoms with Gasteiger partial charge >= 0.3 is 6.03 Å². The van der Waals surface area contributed by atoms with Gasteiger partial charge < -0.3 is 15.0 Å². The summed E-state index contributed by atoms with van der Waals surface area (Å²) < 4.78 is 5.82. The number of hydrogen-bond acceptors (Lipinski definition) is 3. The molecule has 3 atom stereocenters. The Bertz CT molecular complexity index is 325. The molecule has 20 heavy (non-hydrogen) atoms. The number of hydrogen-bond donors (Lipinski definition) is 1. The van der Waals surface area contributed by atoms with Crippen LogP contribution < -0.4 is 5.32 Å². The van der Waals surface area contributed by atoms with Crippen LogP contribution in [0.15, 0.2) is 0 Å². The summed E-state index contributed by atoms with van der Waals surface area (Å²) in [5.74, 6) is 0.555. The summed E-state index contributed by atoms with van der Waals surface area (Å²) in [6.45, 7) is 6.67. The van der Waals surface area contributed by atoms with Gasteiger partial charge in [0.05, 0.1) is 6.10 Å². The lowest BCUT2D eigenvalue weighted by Crippen LogP contribution is -2.43. The monoisotopic (exact) mass is 300 g/mol. The van der Waals surface area contributed by atoms with E-state index in [0.717, 1.165) is 44.2 Å². The van der Waals surface area contributed by atoms with Crippen LogP contribution in [0.2, 0.25) is 0 Å². The van der Waals surface area contributed by atoms with Gasteiger partial charge in [-0.1, -0.05) is 13.8 Å². The zero-order valence-corrected chi connectivity index (χ0v) is 13.7. The highest BCUT2D eigenvalue weighted by Gasteiger charge is 2.30. The zero-order valence-electron chi connectivity index (χ0n) is 12.9. The SMILES string of the molecule is CS[C@@H]1CC[C@@H](NC(=O)N2CC[C@H](OCC(C)C)C2)C1. The number of thioether (sulfide) groups is 1. The van der Waals surface area contributed by atoms with Crippen molar-refractivity contribution in [1.82, 2.24) is 10.2 Å². The largest absolute Gasteiger partial charge is 0.376 e. The second-order valence-corrected chi connectivity index (χ2v) is 7.54. The molecule has 0 bridgehead atoms. The molecule has 2 amide bonds. The van der Waals surface area contributed by atoms with Gasteiger partial charge in [0.1, 0.15) is 0 Å². The number of nitrogens with one attached hydrogen (secondary N) is 1. The first-order valence-electron chi connectivity index (χ1n) is 7.78. The number of carbonyl (C=O) groups is 1. The molecule has 0 unspecified atom stereocenters. The van der Waals surface area contributed by atoms with Gasteiger partial charge in [-0.25, -0.2) is 4.79 Å². The average molecular weight is 300 g/mol.